The molecule has 0 bridgehead atoms. The molecule has 26 heavy (non-hydrogen) atoms. The number of ether oxygens (including phenoxy) is 1. The summed E-state index contributed by atoms with van der Waals surface area (Å²) in [7, 11) is 0. The average Bonchev–Trinajstić information content (AvgIpc) is 2.62. The molecular formula is C20H35N3O3. The third-order valence-corrected chi connectivity index (χ3v) is 5.70. The molecule has 0 aromatic carbocycles. The number of hydrogen-bond donors (Lipinski definition) is 2. The number of allylic oxidation sites excluding steroid dienone is 1. The lowest BCUT2D eigenvalue weighted by Gasteiger charge is -2.38. The van der Waals surface area contributed by atoms with Gasteiger partial charge >= 0.3 is 6.03 Å². The average molecular weight is 366 g/mol. The van der Waals surface area contributed by atoms with Crippen molar-refractivity contribution in [3.05, 3.63) is 11.6 Å². The fourth-order valence-corrected chi connectivity index (χ4v) is 4.09. The quantitative estimate of drug-likeness (QED) is 0.710. The normalized spacial score (nSPS) is 26.4. The van der Waals surface area contributed by atoms with Gasteiger partial charge < -0.3 is 20.3 Å². The Morgan fingerprint density at radius 3 is 2.58 bits per heavy atom. The van der Waals surface area contributed by atoms with E-state index in [4.69, 9.17) is 4.74 Å². The topological polar surface area (TPSA) is 70.7 Å². The van der Waals surface area contributed by atoms with Crippen LogP contribution in [0.4, 0.5) is 4.79 Å². The molecule has 0 aromatic rings. The number of nitrogens with zero attached hydrogens (tertiary/aromatic N) is 1. The first-order chi connectivity index (χ1) is 12.4. The summed E-state index contributed by atoms with van der Waals surface area (Å²) in [6.07, 6.45) is 3.89. The smallest absolute Gasteiger partial charge is 0.314 e. The number of rotatable bonds is 6. The van der Waals surface area contributed by atoms with Crippen molar-refractivity contribution in [1.29, 1.82) is 0 Å². The maximum Gasteiger partial charge on any atom is 0.314 e. The van der Waals surface area contributed by atoms with Crippen LogP contribution in [0.3, 0.4) is 0 Å². The number of morpholine rings is 1. The fraction of sp³-hybridized carbons (Fsp3) is 0.800. The minimum absolute atomic E-state index is 0.106. The van der Waals surface area contributed by atoms with Crippen molar-refractivity contribution in [1.82, 2.24) is 15.5 Å². The minimum atomic E-state index is -0.106. The molecule has 3 atom stereocenters. The number of carbonyl (C=O) groups excluding carboxylic acids is 2. The van der Waals surface area contributed by atoms with Crippen molar-refractivity contribution in [2.24, 2.45) is 23.7 Å². The van der Waals surface area contributed by atoms with Crippen LogP contribution < -0.4 is 10.6 Å². The number of hydrogen-bond acceptors (Lipinski definition) is 3. The molecule has 6 nitrogen and oxygen atoms in total. The zero-order valence-corrected chi connectivity index (χ0v) is 16.7. The molecule has 1 saturated heterocycles. The lowest BCUT2D eigenvalue weighted by Crippen LogP contribution is -2.43. The lowest BCUT2D eigenvalue weighted by molar-refractivity contribution is -0.136. The molecule has 6 heteroatoms. The second-order valence-corrected chi connectivity index (χ2v) is 7.85. The zero-order valence-electron chi connectivity index (χ0n) is 16.7. The highest BCUT2D eigenvalue weighted by molar-refractivity contribution is 5.77. The Hall–Kier alpha value is -1.56. The van der Waals surface area contributed by atoms with Gasteiger partial charge in [0.1, 0.15) is 0 Å². The molecule has 1 aliphatic heterocycles. The maximum absolute atomic E-state index is 12.6. The molecule has 0 saturated carbocycles. The van der Waals surface area contributed by atoms with Gasteiger partial charge in [0.15, 0.2) is 0 Å². The summed E-state index contributed by atoms with van der Waals surface area (Å²) in [4.78, 5) is 26.3. The third-order valence-electron chi connectivity index (χ3n) is 5.70. The molecule has 2 N–H and O–H groups in total. The highest BCUT2D eigenvalue weighted by Crippen LogP contribution is 2.39. The monoisotopic (exact) mass is 365 g/mol. The van der Waals surface area contributed by atoms with Crippen LogP contribution in [0.2, 0.25) is 0 Å². The highest BCUT2D eigenvalue weighted by Gasteiger charge is 2.33. The fourth-order valence-electron chi connectivity index (χ4n) is 4.09. The summed E-state index contributed by atoms with van der Waals surface area (Å²) in [5, 5.41) is 5.76. The molecule has 1 heterocycles. The largest absolute Gasteiger partial charge is 0.378 e. The van der Waals surface area contributed by atoms with Gasteiger partial charge in [-0.15, -0.1) is 0 Å². The van der Waals surface area contributed by atoms with Crippen LogP contribution in [0.15, 0.2) is 11.6 Å². The first-order valence-corrected chi connectivity index (χ1v) is 9.97. The maximum atomic E-state index is 12.6. The van der Waals surface area contributed by atoms with Crippen LogP contribution in [0, 0.1) is 23.7 Å². The number of urea groups is 1. The van der Waals surface area contributed by atoms with Crippen molar-refractivity contribution < 1.29 is 14.3 Å². The van der Waals surface area contributed by atoms with Crippen LogP contribution in [0.25, 0.3) is 0 Å². The van der Waals surface area contributed by atoms with Crippen LogP contribution in [0.5, 0.6) is 0 Å². The number of nitrogens with one attached hydrogen (secondary N) is 2. The predicted octanol–water partition coefficient (Wildman–Crippen LogP) is 2.41. The van der Waals surface area contributed by atoms with Crippen LogP contribution in [0.1, 0.15) is 40.5 Å². The lowest BCUT2D eigenvalue weighted by atomic mass is 9.69. The third kappa shape index (κ3) is 5.73. The second-order valence-electron chi connectivity index (χ2n) is 7.85. The van der Waals surface area contributed by atoms with E-state index in [-0.39, 0.29) is 11.9 Å². The first-order valence-electron chi connectivity index (χ1n) is 9.97. The molecule has 3 unspecified atom stereocenters. The van der Waals surface area contributed by atoms with E-state index in [1.165, 1.54) is 5.57 Å². The Kier molecular flexibility index (Phi) is 7.94. The van der Waals surface area contributed by atoms with E-state index in [0.717, 1.165) is 6.42 Å². The molecule has 3 amide bonds. The molecule has 2 rings (SSSR count). The van der Waals surface area contributed by atoms with E-state index in [9.17, 15) is 9.59 Å². The van der Waals surface area contributed by atoms with E-state index < -0.39 is 0 Å². The molecule has 148 valence electrons. The molecule has 0 radical (unpaired) electrons. The number of carbonyl (C=O) groups is 2. The van der Waals surface area contributed by atoms with E-state index in [1.54, 1.807) is 0 Å². The second kappa shape index (κ2) is 9.95. The summed E-state index contributed by atoms with van der Waals surface area (Å²) in [5.41, 5.74) is 1.28. The SMILES string of the molecule is CCNC(=O)NCC1C=C(C)C(CC(=O)N2CCOCC2)CC1C(C)C. The van der Waals surface area contributed by atoms with Crippen LogP contribution >= 0.6 is 0 Å². The summed E-state index contributed by atoms with van der Waals surface area (Å²) in [6, 6.07) is -0.106. The van der Waals surface area contributed by atoms with Gasteiger partial charge in [-0.2, -0.15) is 0 Å². The van der Waals surface area contributed by atoms with E-state index >= 15 is 0 Å². The van der Waals surface area contributed by atoms with Gasteiger partial charge in [0.2, 0.25) is 5.91 Å². The molecule has 1 aliphatic carbocycles. The van der Waals surface area contributed by atoms with Crippen molar-refractivity contribution in [2.75, 3.05) is 39.4 Å². The highest BCUT2D eigenvalue weighted by atomic mass is 16.5. The minimum Gasteiger partial charge on any atom is -0.378 e. The zero-order chi connectivity index (χ0) is 19.1. The molecule has 2 aliphatic rings. The van der Waals surface area contributed by atoms with Gasteiger partial charge in [0, 0.05) is 32.6 Å². The Labute approximate surface area is 157 Å². The van der Waals surface area contributed by atoms with Crippen molar-refractivity contribution in [3.8, 4) is 0 Å². The van der Waals surface area contributed by atoms with Crippen molar-refractivity contribution in [2.45, 2.75) is 40.5 Å². The Balaban J connectivity index is 1.98. The van der Waals surface area contributed by atoms with Gasteiger partial charge in [-0.25, -0.2) is 4.79 Å². The summed E-state index contributed by atoms with van der Waals surface area (Å²) < 4.78 is 5.34. The number of amides is 3. The van der Waals surface area contributed by atoms with Gasteiger partial charge in [-0.1, -0.05) is 25.5 Å². The Morgan fingerprint density at radius 1 is 1.27 bits per heavy atom. The van der Waals surface area contributed by atoms with Gasteiger partial charge in [0.05, 0.1) is 13.2 Å². The molecular weight excluding hydrogens is 330 g/mol. The van der Waals surface area contributed by atoms with Gasteiger partial charge in [-0.3, -0.25) is 4.79 Å². The van der Waals surface area contributed by atoms with E-state index in [0.29, 0.717) is 69.5 Å². The Bertz CT molecular complexity index is 512. The van der Waals surface area contributed by atoms with E-state index in [2.05, 4.69) is 37.5 Å². The molecule has 0 aromatic heterocycles. The standard InChI is InChI=1S/C20H35N3O3/c1-5-21-20(25)22-13-17-10-15(4)16(11-18(17)14(2)3)12-19(24)23-6-8-26-9-7-23/h10,14,16-18H,5-9,11-13H2,1-4H3,(H2,21,22,25). The molecule has 1 fully saturated rings. The first kappa shape index (κ1) is 20.7. The van der Waals surface area contributed by atoms with Crippen molar-refractivity contribution in [3.63, 3.8) is 0 Å². The summed E-state index contributed by atoms with van der Waals surface area (Å²) in [6.45, 7) is 12.5. The van der Waals surface area contributed by atoms with Gasteiger partial charge in [-0.05, 0) is 43.9 Å². The van der Waals surface area contributed by atoms with E-state index in [1.807, 2.05) is 11.8 Å². The molecule has 0 spiro atoms. The van der Waals surface area contributed by atoms with Gasteiger partial charge in [0.25, 0.3) is 0 Å². The Morgan fingerprint density at radius 2 is 1.96 bits per heavy atom. The predicted molar refractivity (Wildman–Crippen MR) is 103 cm³/mol. The summed E-state index contributed by atoms with van der Waals surface area (Å²) in [5.74, 6) is 1.86. The summed E-state index contributed by atoms with van der Waals surface area (Å²) >= 11 is 0. The van der Waals surface area contributed by atoms with Crippen LogP contribution in [-0.2, 0) is 9.53 Å². The van der Waals surface area contributed by atoms with Crippen molar-refractivity contribution >= 4 is 11.9 Å². The van der Waals surface area contributed by atoms with Crippen LogP contribution in [-0.4, -0.2) is 56.2 Å².